The number of hydrogen-bond donors (Lipinski definition) is 0. The Bertz CT molecular complexity index is 725. The summed E-state index contributed by atoms with van der Waals surface area (Å²) in [5.41, 5.74) is 1.02. The largest absolute Gasteiger partial charge is 0.492 e. The van der Waals surface area contributed by atoms with Crippen LogP contribution in [0.4, 0.5) is 0 Å². The number of para-hydroxylation sites is 1. The number of fused-ring (bicyclic) bond motifs is 2. The quantitative estimate of drug-likeness (QED) is 0.872. The maximum absolute atomic E-state index is 12.8. The molecule has 0 saturated heterocycles. The molecule has 0 fully saturated rings. The molecule has 3 heterocycles. The molecule has 5 heteroatoms. The smallest absolute Gasteiger partial charge is 0.233 e. The highest BCUT2D eigenvalue weighted by Crippen LogP contribution is 2.34. The Kier molecular flexibility index (Phi) is 3.56. The highest BCUT2D eigenvalue weighted by Gasteiger charge is 2.33. The number of ether oxygens (including phenoxy) is 1. The van der Waals surface area contributed by atoms with Crippen LogP contribution >= 0.6 is 0 Å². The lowest BCUT2D eigenvalue weighted by Gasteiger charge is -2.29. The molecular formula is C18H21N3O2. The third-order valence-electron chi connectivity index (χ3n) is 4.96. The summed E-state index contributed by atoms with van der Waals surface area (Å²) in [6.07, 6.45) is 5.94. The second-order valence-corrected chi connectivity index (χ2v) is 6.52. The highest BCUT2D eigenvalue weighted by molar-refractivity contribution is 5.85. The lowest BCUT2D eigenvalue weighted by atomic mass is 9.95. The lowest BCUT2D eigenvalue weighted by Crippen LogP contribution is -2.38. The number of carbonyl (C=O) groups excluding carboxylic acids is 1. The monoisotopic (exact) mass is 311 g/mol. The van der Waals surface area contributed by atoms with Gasteiger partial charge in [-0.05, 0) is 18.4 Å². The van der Waals surface area contributed by atoms with Gasteiger partial charge < -0.3 is 14.2 Å². The molecule has 0 N–H and O–H groups in total. The van der Waals surface area contributed by atoms with Crippen molar-refractivity contribution in [2.75, 3.05) is 20.2 Å². The van der Waals surface area contributed by atoms with E-state index in [-0.39, 0.29) is 11.8 Å². The van der Waals surface area contributed by atoms with E-state index in [2.05, 4.69) is 9.55 Å². The molecule has 0 radical (unpaired) electrons. The average molecular weight is 311 g/mol. The van der Waals surface area contributed by atoms with Crippen LogP contribution in [0.5, 0.6) is 5.75 Å². The summed E-state index contributed by atoms with van der Waals surface area (Å²) in [5.74, 6) is 2.46. The van der Waals surface area contributed by atoms with Gasteiger partial charge in [-0.1, -0.05) is 18.2 Å². The van der Waals surface area contributed by atoms with Crippen molar-refractivity contribution in [3.63, 3.8) is 0 Å². The first kappa shape index (κ1) is 14.3. The van der Waals surface area contributed by atoms with E-state index in [1.807, 2.05) is 48.6 Å². The number of hydrogen-bond acceptors (Lipinski definition) is 3. The van der Waals surface area contributed by atoms with Gasteiger partial charge in [0, 0.05) is 44.5 Å². The molecule has 23 heavy (non-hydrogen) atoms. The molecule has 0 aliphatic carbocycles. The van der Waals surface area contributed by atoms with Crippen LogP contribution in [0.3, 0.4) is 0 Å². The van der Waals surface area contributed by atoms with Crippen molar-refractivity contribution in [3.8, 4) is 5.75 Å². The van der Waals surface area contributed by atoms with Crippen LogP contribution in [-0.2, 0) is 17.8 Å². The van der Waals surface area contributed by atoms with Crippen LogP contribution in [0.15, 0.2) is 36.7 Å². The molecule has 0 saturated carbocycles. The summed E-state index contributed by atoms with van der Waals surface area (Å²) < 4.78 is 7.86. The minimum Gasteiger partial charge on any atom is -0.492 e. The number of benzene rings is 1. The molecule has 1 aromatic heterocycles. The maximum atomic E-state index is 12.8. The van der Waals surface area contributed by atoms with Crippen LogP contribution in [0.25, 0.3) is 0 Å². The zero-order valence-electron chi connectivity index (χ0n) is 13.3. The van der Waals surface area contributed by atoms with Crippen molar-refractivity contribution in [2.24, 2.45) is 5.92 Å². The maximum Gasteiger partial charge on any atom is 0.233 e. The fourth-order valence-electron chi connectivity index (χ4n) is 3.68. The number of rotatable bonds is 3. The van der Waals surface area contributed by atoms with E-state index in [0.29, 0.717) is 12.5 Å². The standard InChI is InChI=1S/C18H21N3O2/c1-20(11-13-6-8-21-9-7-19-17(21)10-13)18(22)15-12-23-16-5-3-2-4-14(15)16/h2-5,7,9,13,15H,6,8,10-12H2,1H3/t13-,15+/m0/s1. The second-order valence-electron chi connectivity index (χ2n) is 6.52. The normalized spacial score (nSPS) is 22.1. The van der Waals surface area contributed by atoms with Crippen molar-refractivity contribution in [1.29, 1.82) is 0 Å². The molecule has 1 amide bonds. The number of amides is 1. The zero-order chi connectivity index (χ0) is 15.8. The predicted molar refractivity (Wildman–Crippen MR) is 86.4 cm³/mol. The Balaban J connectivity index is 1.42. The van der Waals surface area contributed by atoms with E-state index in [0.717, 1.165) is 43.1 Å². The third kappa shape index (κ3) is 2.60. The number of likely N-dealkylation sites (N-methyl/N-ethyl adjacent to an activating group) is 1. The van der Waals surface area contributed by atoms with E-state index in [4.69, 9.17) is 4.74 Å². The van der Waals surface area contributed by atoms with Crippen molar-refractivity contribution in [1.82, 2.24) is 14.5 Å². The molecule has 0 spiro atoms. The predicted octanol–water partition coefficient (Wildman–Crippen LogP) is 2.08. The molecule has 2 aliphatic heterocycles. The summed E-state index contributed by atoms with van der Waals surface area (Å²) >= 11 is 0. The van der Waals surface area contributed by atoms with E-state index >= 15 is 0 Å². The zero-order valence-corrected chi connectivity index (χ0v) is 13.3. The summed E-state index contributed by atoms with van der Waals surface area (Å²) in [6, 6.07) is 7.84. The van der Waals surface area contributed by atoms with Crippen molar-refractivity contribution >= 4 is 5.91 Å². The van der Waals surface area contributed by atoms with Gasteiger partial charge >= 0.3 is 0 Å². The Hall–Kier alpha value is -2.30. The van der Waals surface area contributed by atoms with Crippen molar-refractivity contribution in [3.05, 3.63) is 48.0 Å². The molecule has 4 rings (SSSR count). The fraction of sp³-hybridized carbons (Fsp3) is 0.444. The van der Waals surface area contributed by atoms with E-state index in [1.165, 1.54) is 0 Å². The van der Waals surface area contributed by atoms with Gasteiger partial charge in [0.15, 0.2) is 0 Å². The van der Waals surface area contributed by atoms with Gasteiger partial charge in [-0.2, -0.15) is 0 Å². The van der Waals surface area contributed by atoms with Crippen molar-refractivity contribution in [2.45, 2.75) is 25.3 Å². The molecule has 2 aliphatic rings. The van der Waals surface area contributed by atoms with Crippen LogP contribution < -0.4 is 4.74 Å². The molecule has 2 atom stereocenters. The van der Waals surface area contributed by atoms with Crippen LogP contribution in [0.1, 0.15) is 23.7 Å². The third-order valence-corrected chi connectivity index (χ3v) is 4.96. The van der Waals surface area contributed by atoms with Gasteiger partial charge in [-0.3, -0.25) is 4.79 Å². The Morgan fingerprint density at radius 1 is 1.43 bits per heavy atom. The number of aryl methyl sites for hydroxylation is 1. The minimum atomic E-state index is -0.165. The molecule has 0 bridgehead atoms. The second kappa shape index (κ2) is 5.72. The summed E-state index contributed by atoms with van der Waals surface area (Å²) in [5, 5.41) is 0. The Morgan fingerprint density at radius 2 is 2.30 bits per heavy atom. The summed E-state index contributed by atoms with van der Waals surface area (Å²) in [7, 11) is 1.91. The van der Waals surface area contributed by atoms with Crippen LogP contribution in [-0.4, -0.2) is 40.6 Å². The first-order chi connectivity index (χ1) is 11.2. The van der Waals surface area contributed by atoms with Gasteiger partial charge in [0.2, 0.25) is 5.91 Å². The molecule has 5 nitrogen and oxygen atoms in total. The number of nitrogens with zero attached hydrogens (tertiary/aromatic N) is 3. The van der Waals surface area contributed by atoms with E-state index in [9.17, 15) is 4.79 Å². The first-order valence-corrected chi connectivity index (χ1v) is 8.19. The molecule has 1 aromatic carbocycles. The SMILES string of the molecule is CN(C[C@H]1CCn2ccnc2C1)C(=O)[C@@H]1COc2ccccc21. The molecule has 2 aromatic rings. The molecular weight excluding hydrogens is 290 g/mol. The number of imidazole rings is 1. The van der Waals surface area contributed by atoms with Crippen molar-refractivity contribution < 1.29 is 9.53 Å². The van der Waals surface area contributed by atoms with E-state index in [1.54, 1.807) is 0 Å². The van der Waals surface area contributed by atoms with Gasteiger partial charge in [0.1, 0.15) is 24.1 Å². The first-order valence-electron chi connectivity index (χ1n) is 8.19. The average Bonchev–Trinajstić information content (AvgIpc) is 3.20. The van der Waals surface area contributed by atoms with Crippen LogP contribution in [0, 0.1) is 5.92 Å². The van der Waals surface area contributed by atoms with Gasteiger partial charge in [-0.25, -0.2) is 4.98 Å². The number of aromatic nitrogens is 2. The van der Waals surface area contributed by atoms with Gasteiger partial charge in [0.25, 0.3) is 0 Å². The minimum absolute atomic E-state index is 0.156. The summed E-state index contributed by atoms with van der Waals surface area (Å²) in [6.45, 7) is 2.24. The van der Waals surface area contributed by atoms with Crippen LogP contribution in [0.2, 0.25) is 0 Å². The topological polar surface area (TPSA) is 47.4 Å². The van der Waals surface area contributed by atoms with Gasteiger partial charge in [0.05, 0.1) is 0 Å². The highest BCUT2D eigenvalue weighted by atomic mass is 16.5. The lowest BCUT2D eigenvalue weighted by molar-refractivity contribution is -0.132. The molecule has 120 valence electrons. The van der Waals surface area contributed by atoms with E-state index < -0.39 is 0 Å². The Morgan fingerprint density at radius 3 is 3.22 bits per heavy atom. The fourth-order valence-corrected chi connectivity index (χ4v) is 3.68. The van der Waals surface area contributed by atoms with Gasteiger partial charge in [-0.15, -0.1) is 0 Å². The Labute approximate surface area is 135 Å². The summed E-state index contributed by atoms with van der Waals surface area (Å²) in [4.78, 5) is 19.1. The molecule has 0 unspecified atom stereocenters. The number of carbonyl (C=O) groups is 1.